The van der Waals surface area contributed by atoms with Gasteiger partial charge in [0, 0.05) is 6.61 Å². The fourth-order valence-corrected chi connectivity index (χ4v) is 2.89. The van der Waals surface area contributed by atoms with Crippen LogP contribution in [0.1, 0.15) is 57.8 Å². The van der Waals surface area contributed by atoms with Gasteiger partial charge >= 0.3 is 0 Å². The molecule has 156 valence electrons. The summed E-state index contributed by atoms with van der Waals surface area (Å²) in [4.78, 5) is -1.13. The van der Waals surface area contributed by atoms with E-state index in [2.05, 4.69) is 9.37 Å². The number of halogens is 4. The minimum atomic E-state index is -1.70. The maximum Gasteiger partial charge on any atom is 0.205 e. The van der Waals surface area contributed by atoms with Crippen LogP contribution in [0.2, 0.25) is 0 Å². The molecule has 1 rings (SSSR count). The number of aliphatic hydroxyl groups is 1. The van der Waals surface area contributed by atoms with Gasteiger partial charge in [0.25, 0.3) is 0 Å². The van der Waals surface area contributed by atoms with Gasteiger partial charge in [-0.1, -0.05) is 50.0 Å². The van der Waals surface area contributed by atoms with E-state index in [0.717, 1.165) is 51.4 Å². The molecule has 0 saturated heterocycles. The average molecular weight is 416 g/mol. The first-order valence-corrected chi connectivity index (χ1v) is 9.53. The molecule has 0 saturated carbocycles. The molecule has 0 aliphatic carbocycles. The van der Waals surface area contributed by atoms with Crippen molar-refractivity contribution in [2.45, 2.75) is 62.7 Å². The first-order valence-electron chi connectivity index (χ1n) is 8.78. The topological polar surface area (TPSA) is 68.2 Å². The third kappa shape index (κ3) is 8.22. The number of unbranched alkanes of at least 4 members (excludes halogenated alkanes) is 8. The van der Waals surface area contributed by atoms with Crippen LogP contribution < -0.4 is 4.74 Å². The SMILES string of the molecule is OCCCCCCCCCCCOc1c(F)c(F)c(SOOO)c(F)c1F. The van der Waals surface area contributed by atoms with Gasteiger partial charge < -0.3 is 9.84 Å². The lowest BCUT2D eigenvalue weighted by atomic mass is 10.1. The lowest BCUT2D eigenvalue weighted by Crippen LogP contribution is -2.07. The normalized spacial score (nSPS) is 11.2. The van der Waals surface area contributed by atoms with Crippen LogP contribution in [0, 0.1) is 23.3 Å². The van der Waals surface area contributed by atoms with E-state index in [1.807, 2.05) is 0 Å². The summed E-state index contributed by atoms with van der Waals surface area (Å²) in [6.07, 6.45) is 8.30. The highest BCUT2D eigenvalue weighted by Crippen LogP contribution is 2.35. The molecule has 0 amide bonds. The molecule has 1 aromatic rings. The maximum absolute atomic E-state index is 13.8. The van der Waals surface area contributed by atoms with E-state index in [0.29, 0.717) is 6.42 Å². The fourth-order valence-electron chi connectivity index (χ4n) is 2.47. The van der Waals surface area contributed by atoms with Gasteiger partial charge in [-0.25, -0.2) is 14.0 Å². The van der Waals surface area contributed by atoms with Crippen LogP contribution in [-0.2, 0) is 9.37 Å². The third-order valence-electron chi connectivity index (χ3n) is 3.88. The molecule has 0 heterocycles. The Bertz CT molecular complexity index is 534. The molecule has 0 aliphatic rings. The van der Waals surface area contributed by atoms with Crippen molar-refractivity contribution in [2.75, 3.05) is 13.2 Å². The number of hydrogen-bond acceptors (Lipinski definition) is 6. The van der Waals surface area contributed by atoms with Gasteiger partial charge in [0.2, 0.25) is 11.6 Å². The number of benzene rings is 1. The molecule has 0 aliphatic heterocycles. The van der Waals surface area contributed by atoms with Gasteiger partial charge in [0.05, 0.1) is 18.6 Å². The highest BCUT2D eigenvalue weighted by Gasteiger charge is 2.27. The first kappa shape index (κ1) is 24.0. The maximum atomic E-state index is 13.8. The van der Waals surface area contributed by atoms with Crippen molar-refractivity contribution >= 4 is 12.0 Å². The fraction of sp³-hybridized carbons (Fsp3) is 0.647. The Balaban J connectivity index is 2.34. The second-order valence-corrected chi connectivity index (χ2v) is 6.61. The molecule has 0 spiro atoms. The molecule has 27 heavy (non-hydrogen) atoms. The van der Waals surface area contributed by atoms with Crippen LogP contribution >= 0.6 is 12.0 Å². The van der Waals surface area contributed by atoms with Crippen LogP contribution in [0.25, 0.3) is 0 Å². The molecule has 0 bridgehead atoms. The summed E-state index contributed by atoms with van der Waals surface area (Å²) in [6.45, 7) is 0.146. The Morgan fingerprint density at radius 2 is 1.19 bits per heavy atom. The molecule has 0 aromatic heterocycles. The van der Waals surface area contributed by atoms with Gasteiger partial charge in [-0.3, -0.25) is 0 Å². The van der Waals surface area contributed by atoms with E-state index >= 15 is 0 Å². The molecular weight excluding hydrogens is 392 g/mol. The largest absolute Gasteiger partial charge is 0.487 e. The van der Waals surface area contributed by atoms with E-state index in [4.69, 9.17) is 15.1 Å². The monoisotopic (exact) mass is 416 g/mol. The zero-order valence-corrected chi connectivity index (χ0v) is 15.6. The Morgan fingerprint density at radius 1 is 0.704 bits per heavy atom. The van der Waals surface area contributed by atoms with Crippen LogP contribution in [0.15, 0.2) is 4.90 Å². The summed E-state index contributed by atoms with van der Waals surface area (Å²) >= 11 is -0.214. The van der Waals surface area contributed by atoms with Crippen molar-refractivity contribution in [1.82, 2.24) is 0 Å². The smallest absolute Gasteiger partial charge is 0.205 e. The lowest BCUT2D eigenvalue weighted by molar-refractivity contribution is -0.432. The molecule has 0 fully saturated rings. The van der Waals surface area contributed by atoms with Crippen molar-refractivity contribution in [3.63, 3.8) is 0 Å². The second kappa shape index (κ2) is 14.0. The number of rotatable bonds is 15. The third-order valence-corrected chi connectivity index (χ3v) is 4.53. The zero-order chi connectivity index (χ0) is 20.1. The van der Waals surface area contributed by atoms with Crippen molar-refractivity contribution in [3.05, 3.63) is 23.3 Å². The molecule has 2 N–H and O–H groups in total. The number of ether oxygens (including phenoxy) is 1. The predicted molar refractivity (Wildman–Crippen MR) is 91.1 cm³/mol. The number of hydrogen-bond donors (Lipinski definition) is 2. The van der Waals surface area contributed by atoms with Crippen molar-refractivity contribution in [2.24, 2.45) is 0 Å². The highest BCUT2D eigenvalue weighted by atomic mass is 32.2. The molecule has 0 atom stereocenters. The standard InChI is InChI=1S/C17H24F4O5S/c18-12-14(20)17(27-26-25-23)15(21)13(19)16(12)24-11-9-7-5-3-1-2-4-6-8-10-22/h22-23H,1-11H2. The minimum Gasteiger partial charge on any atom is -0.487 e. The van der Waals surface area contributed by atoms with E-state index < -0.39 is 33.9 Å². The summed E-state index contributed by atoms with van der Waals surface area (Å²) < 4.78 is 63.8. The summed E-state index contributed by atoms with van der Waals surface area (Å²) in [6, 6.07) is 0. The second-order valence-electron chi connectivity index (χ2n) is 5.89. The summed E-state index contributed by atoms with van der Waals surface area (Å²) in [5.74, 6) is -7.89. The summed E-state index contributed by atoms with van der Waals surface area (Å²) in [5, 5.41) is 19.8. The minimum absolute atomic E-state index is 0.0774. The van der Waals surface area contributed by atoms with E-state index in [1.54, 1.807) is 0 Å². The highest BCUT2D eigenvalue weighted by molar-refractivity contribution is 7.94. The van der Waals surface area contributed by atoms with Crippen LogP contribution in [-0.4, -0.2) is 23.6 Å². The van der Waals surface area contributed by atoms with E-state index in [-0.39, 0.29) is 25.3 Å². The molecule has 0 radical (unpaired) electrons. The van der Waals surface area contributed by atoms with Crippen molar-refractivity contribution in [1.29, 1.82) is 0 Å². The average Bonchev–Trinajstić information content (AvgIpc) is 2.67. The predicted octanol–water partition coefficient (Wildman–Crippen LogP) is 5.55. The van der Waals surface area contributed by atoms with E-state index in [1.165, 1.54) is 0 Å². The van der Waals surface area contributed by atoms with Gasteiger partial charge in [0.1, 0.15) is 4.90 Å². The Hall–Kier alpha value is -1.07. The van der Waals surface area contributed by atoms with E-state index in [9.17, 15) is 17.6 Å². The molecule has 0 unspecified atom stereocenters. The molecule has 10 heteroatoms. The molecule has 1 aromatic carbocycles. The van der Waals surface area contributed by atoms with Crippen LogP contribution in [0.3, 0.4) is 0 Å². The van der Waals surface area contributed by atoms with Crippen molar-refractivity contribution < 1.29 is 42.0 Å². The first-order chi connectivity index (χ1) is 13.0. The van der Waals surface area contributed by atoms with Crippen molar-refractivity contribution in [3.8, 4) is 5.75 Å². The lowest BCUT2D eigenvalue weighted by Gasteiger charge is -2.12. The van der Waals surface area contributed by atoms with Gasteiger partial charge in [-0.15, -0.1) is 4.33 Å². The Morgan fingerprint density at radius 3 is 1.67 bits per heavy atom. The van der Waals surface area contributed by atoms with Gasteiger partial charge in [-0.2, -0.15) is 8.78 Å². The van der Waals surface area contributed by atoms with Crippen LogP contribution in [0.4, 0.5) is 17.6 Å². The quantitative estimate of drug-likeness (QED) is 0.0975. The summed E-state index contributed by atoms with van der Waals surface area (Å²) in [5.41, 5.74) is 0. The Labute approximate surface area is 159 Å². The Kier molecular flexibility index (Phi) is 12.4. The molecule has 5 nitrogen and oxygen atoms in total. The number of aliphatic hydroxyl groups excluding tert-OH is 1. The van der Waals surface area contributed by atoms with Gasteiger partial charge in [-0.05, 0) is 12.8 Å². The summed E-state index contributed by atoms with van der Waals surface area (Å²) in [7, 11) is 0. The van der Waals surface area contributed by atoms with Gasteiger partial charge in [0.15, 0.2) is 17.4 Å². The molecular formula is C17H24F4O5S. The zero-order valence-electron chi connectivity index (χ0n) is 14.8. The van der Waals surface area contributed by atoms with Crippen LogP contribution in [0.5, 0.6) is 5.75 Å².